The molecule has 0 bridgehead atoms. The van der Waals surface area contributed by atoms with Gasteiger partial charge in [0, 0.05) is 30.0 Å². The summed E-state index contributed by atoms with van der Waals surface area (Å²) in [5.41, 5.74) is 7.40. The van der Waals surface area contributed by atoms with Gasteiger partial charge in [-0.05, 0) is 37.0 Å². The van der Waals surface area contributed by atoms with Crippen LogP contribution in [-0.2, 0) is 17.6 Å². The number of hydrogen-bond donors (Lipinski definition) is 3. The average molecular weight is 365 g/mol. The van der Waals surface area contributed by atoms with E-state index in [4.69, 9.17) is 17.3 Å². The zero-order chi connectivity index (χ0) is 17.0. The summed E-state index contributed by atoms with van der Waals surface area (Å²) in [5, 5.41) is 9.57. The molecular formula is C17H21ClN4OS. The van der Waals surface area contributed by atoms with Crippen LogP contribution < -0.4 is 16.4 Å². The van der Waals surface area contributed by atoms with E-state index in [9.17, 15) is 4.79 Å². The Morgan fingerprint density at radius 3 is 2.71 bits per heavy atom. The first-order chi connectivity index (χ1) is 11.6. The van der Waals surface area contributed by atoms with Gasteiger partial charge >= 0.3 is 0 Å². The zero-order valence-corrected chi connectivity index (χ0v) is 14.9. The number of nitrogens with one attached hydrogen (secondary N) is 2. The van der Waals surface area contributed by atoms with Crippen molar-refractivity contribution in [2.45, 2.75) is 19.3 Å². The molecule has 2 heterocycles. The summed E-state index contributed by atoms with van der Waals surface area (Å²) in [6.07, 6.45) is 2.42. The first kappa shape index (κ1) is 17.2. The minimum absolute atomic E-state index is 0.119. The number of rotatable bonds is 7. The van der Waals surface area contributed by atoms with E-state index in [1.165, 1.54) is 11.3 Å². The lowest BCUT2D eigenvalue weighted by molar-refractivity contribution is -0.133. The number of nitrogens with zero attached hydrogens (tertiary/aromatic N) is 1. The van der Waals surface area contributed by atoms with Crippen LogP contribution in [0.25, 0.3) is 0 Å². The zero-order valence-electron chi connectivity index (χ0n) is 13.3. The molecule has 1 saturated heterocycles. The number of anilines is 1. The van der Waals surface area contributed by atoms with Crippen molar-refractivity contribution < 1.29 is 4.79 Å². The summed E-state index contributed by atoms with van der Waals surface area (Å²) in [7, 11) is 0. The molecule has 1 aromatic heterocycles. The molecule has 0 saturated carbocycles. The van der Waals surface area contributed by atoms with Crippen LogP contribution in [0.1, 0.15) is 17.7 Å². The average Bonchev–Trinajstić information content (AvgIpc) is 2.94. The highest BCUT2D eigenvalue weighted by Gasteiger charge is 2.43. The van der Waals surface area contributed by atoms with Crippen molar-refractivity contribution in [2.24, 2.45) is 5.41 Å². The van der Waals surface area contributed by atoms with E-state index in [-0.39, 0.29) is 11.3 Å². The van der Waals surface area contributed by atoms with E-state index in [0.29, 0.717) is 29.8 Å². The number of thiazole rings is 1. The summed E-state index contributed by atoms with van der Waals surface area (Å²) in [6.45, 7) is 2.08. The molecule has 0 radical (unpaired) electrons. The van der Waals surface area contributed by atoms with Gasteiger partial charge in [-0.1, -0.05) is 23.7 Å². The maximum atomic E-state index is 12.6. The highest BCUT2D eigenvalue weighted by molar-refractivity contribution is 7.13. The Morgan fingerprint density at radius 2 is 2.12 bits per heavy atom. The number of carbonyl (C=O) groups is 1. The van der Waals surface area contributed by atoms with Gasteiger partial charge in [0.1, 0.15) is 0 Å². The molecule has 128 valence electrons. The van der Waals surface area contributed by atoms with Crippen molar-refractivity contribution in [1.29, 1.82) is 0 Å². The lowest BCUT2D eigenvalue weighted by atomic mass is 9.75. The van der Waals surface area contributed by atoms with E-state index in [1.807, 2.05) is 29.6 Å². The van der Waals surface area contributed by atoms with Crippen LogP contribution in [-0.4, -0.2) is 30.5 Å². The van der Waals surface area contributed by atoms with Crippen LogP contribution in [0.3, 0.4) is 0 Å². The number of halogens is 1. The van der Waals surface area contributed by atoms with Crippen molar-refractivity contribution in [3.8, 4) is 0 Å². The lowest BCUT2D eigenvalue weighted by Crippen LogP contribution is -2.62. The van der Waals surface area contributed by atoms with Gasteiger partial charge < -0.3 is 16.4 Å². The third kappa shape index (κ3) is 4.06. The molecule has 1 amide bonds. The van der Waals surface area contributed by atoms with Gasteiger partial charge in [-0.2, -0.15) is 0 Å². The van der Waals surface area contributed by atoms with E-state index in [0.717, 1.165) is 30.5 Å². The van der Waals surface area contributed by atoms with Crippen LogP contribution >= 0.6 is 22.9 Å². The van der Waals surface area contributed by atoms with E-state index in [2.05, 4.69) is 15.6 Å². The molecule has 0 spiro atoms. The second-order valence-electron chi connectivity index (χ2n) is 6.22. The van der Waals surface area contributed by atoms with Gasteiger partial charge in [-0.15, -0.1) is 11.3 Å². The van der Waals surface area contributed by atoms with E-state index in [1.54, 1.807) is 0 Å². The Morgan fingerprint density at radius 1 is 1.38 bits per heavy atom. The number of aryl methyl sites for hydroxylation is 1. The standard InChI is InChI=1S/C17H21ClN4OS/c18-13-5-3-12(4-6-13)8-17(10-20-11-17)15(23)21-7-1-2-14-9-24-16(19)22-14/h3-6,9,20H,1-2,7-8,10-11H2,(H2,19,22)(H,21,23). The maximum Gasteiger partial charge on any atom is 0.229 e. The molecule has 7 heteroatoms. The minimum atomic E-state index is -0.348. The summed E-state index contributed by atoms with van der Waals surface area (Å²) < 4.78 is 0. The second-order valence-corrected chi connectivity index (χ2v) is 7.55. The molecule has 1 aromatic carbocycles. The summed E-state index contributed by atoms with van der Waals surface area (Å²) >= 11 is 7.38. The molecule has 5 nitrogen and oxygen atoms in total. The van der Waals surface area contributed by atoms with Gasteiger partial charge in [-0.25, -0.2) is 4.98 Å². The molecule has 4 N–H and O–H groups in total. The third-order valence-corrected chi connectivity index (χ3v) is 5.30. The highest BCUT2D eigenvalue weighted by atomic mass is 35.5. The Labute approximate surface area is 150 Å². The van der Waals surface area contributed by atoms with Gasteiger partial charge in [0.05, 0.1) is 11.1 Å². The Hall–Kier alpha value is -1.63. The van der Waals surface area contributed by atoms with E-state index < -0.39 is 0 Å². The van der Waals surface area contributed by atoms with Crippen LogP contribution in [0.2, 0.25) is 5.02 Å². The maximum absolute atomic E-state index is 12.6. The van der Waals surface area contributed by atoms with Gasteiger partial charge in [0.2, 0.25) is 5.91 Å². The monoisotopic (exact) mass is 364 g/mol. The predicted molar refractivity (Wildman–Crippen MR) is 98.3 cm³/mol. The van der Waals surface area contributed by atoms with E-state index >= 15 is 0 Å². The number of aromatic nitrogens is 1. The lowest BCUT2D eigenvalue weighted by Gasteiger charge is -2.41. The molecule has 0 aliphatic carbocycles. The molecule has 0 unspecified atom stereocenters. The molecule has 24 heavy (non-hydrogen) atoms. The first-order valence-corrected chi connectivity index (χ1v) is 9.26. The molecule has 3 rings (SSSR count). The SMILES string of the molecule is Nc1nc(CCCNC(=O)C2(Cc3ccc(Cl)cc3)CNC2)cs1. The Bertz CT molecular complexity index is 697. The number of hydrogen-bond acceptors (Lipinski definition) is 5. The van der Waals surface area contributed by atoms with Crippen LogP contribution in [0, 0.1) is 5.41 Å². The quantitative estimate of drug-likeness (QED) is 0.658. The van der Waals surface area contributed by atoms with Gasteiger partial charge in [0.25, 0.3) is 0 Å². The second kappa shape index (κ2) is 7.51. The summed E-state index contributed by atoms with van der Waals surface area (Å²) in [5.74, 6) is 0.119. The number of amides is 1. The highest BCUT2D eigenvalue weighted by Crippen LogP contribution is 2.28. The summed E-state index contributed by atoms with van der Waals surface area (Å²) in [6, 6.07) is 7.72. The molecule has 2 aromatic rings. The smallest absolute Gasteiger partial charge is 0.229 e. The Kier molecular flexibility index (Phi) is 5.38. The fourth-order valence-electron chi connectivity index (χ4n) is 2.88. The van der Waals surface area contributed by atoms with Crippen LogP contribution in [0.15, 0.2) is 29.6 Å². The van der Waals surface area contributed by atoms with Crippen molar-refractivity contribution in [1.82, 2.24) is 15.6 Å². The number of nitrogen functional groups attached to an aromatic ring is 1. The van der Waals surface area contributed by atoms with Gasteiger partial charge in [-0.3, -0.25) is 4.79 Å². The first-order valence-electron chi connectivity index (χ1n) is 8.01. The number of benzene rings is 1. The molecule has 1 fully saturated rings. The predicted octanol–water partition coefficient (Wildman–Crippen LogP) is 2.26. The van der Waals surface area contributed by atoms with Crippen LogP contribution in [0.5, 0.6) is 0 Å². The topological polar surface area (TPSA) is 80.0 Å². The van der Waals surface area contributed by atoms with Crippen molar-refractivity contribution in [3.05, 3.63) is 45.9 Å². The Balaban J connectivity index is 1.49. The summed E-state index contributed by atoms with van der Waals surface area (Å²) in [4.78, 5) is 16.9. The van der Waals surface area contributed by atoms with Crippen molar-refractivity contribution >= 4 is 34.0 Å². The minimum Gasteiger partial charge on any atom is -0.375 e. The van der Waals surface area contributed by atoms with Crippen LogP contribution in [0.4, 0.5) is 5.13 Å². The molecular weight excluding hydrogens is 344 g/mol. The molecule has 0 atom stereocenters. The van der Waals surface area contributed by atoms with Crippen molar-refractivity contribution in [2.75, 3.05) is 25.4 Å². The van der Waals surface area contributed by atoms with Crippen molar-refractivity contribution in [3.63, 3.8) is 0 Å². The number of nitrogens with two attached hydrogens (primary N) is 1. The molecule has 1 aliphatic heterocycles. The normalized spacial score (nSPS) is 15.7. The largest absolute Gasteiger partial charge is 0.375 e. The fourth-order valence-corrected chi connectivity index (χ4v) is 3.61. The van der Waals surface area contributed by atoms with Gasteiger partial charge in [0.15, 0.2) is 5.13 Å². The molecule has 1 aliphatic rings. The fraction of sp³-hybridized carbons (Fsp3) is 0.412. The number of carbonyl (C=O) groups excluding carboxylic acids is 1. The third-order valence-electron chi connectivity index (χ3n) is 4.33.